The molecule has 1 aromatic carbocycles. The number of aromatic nitrogens is 2. The van der Waals surface area contributed by atoms with Crippen molar-refractivity contribution in [3.05, 3.63) is 41.1 Å². The van der Waals surface area contributed by atoms with Crippen molar-refractivity contribution < 1.29 is 4.57 Å². The van der Waals surface area contributed by atoms with Crippen LogP contribution in [0.4, 0.5) is 0 Å². The zero-order valence-electron chi connectivity index (χ0n) is 14.4. The van der Waals surface area contributed by atoms with Crippen molar-refractivity contribution in [1.82, 2.24) is 4.98 Å². The largest absolute Gasteiger partial charge is 0.286 e. The molecule has 1 N–H and O–H groups in total. The molecule has 0 aliphatic rings. The van der Waals surface area contributed by atoms with E-state index in [-0.39, 0.29) is 0 Å². The number of hydrogen-bond donors (Lipinski definition) is 1. The van der Waals surface area contributed by atoms with Crippen molar-refractivity contribution in [1.29, 1.82) is 0 Å². The van der Waals surface area contributed by atoms with Crippen molar-refractivity contribution in [2.75, 3.05) is 0 Å². The number of unbranched alkanes of at least 4 members (excludes halogenated alkanes) is 8. The molecule has 2 nitrogen and oxygen atoms in total. The Bertz CT molecular complexity index is 545. The highest BCUT2D eigenvalue weighted by Crippen LogP contribution is 2.17. The maximum Gasteiger partial charge on any atom is 0.286 e. The van der Waals surface area contributed by atoms with Gasteiger partial charge in [-0.25, -0.2) is 9.55 Å². The third kappa shape index (κ3) is 6.50. The average Bonchev–Trinajstić information content (AvgIpc) is 3.02. The van der Waals surface area contributed by atoms with Crippen LogP contribution in [0.3, 0.4) is 0 Å². The first-order valence-electron chi connectivity index (χ1n) is 9.14. The topological polar surface area (TPSA) is 19.7 Å². The summed E-state index contributed by atoms with van der Waals surface area (Å²) in [5.74, 6) is 1.21. The normalized spacial score (nSPS) is 11.0. The van der Waals surface area contributed by atoms with E-state index in [9.17, 15) is 0 Å². The molecule has 0 bridgehead atoms. The third-order valence-corrected chi connectivity index (χ3v) is 4.91. The van der Waals surface area contributed by atoms with Gasteiger partial charge in [0.25, 0.3) is 5.82 Å². The monoisotopic (exact) mass is 377 g/mol. The lowest BCUT2D eigenvalue weighted by molar-refractivity contribution is -0.685. The smallest absolute Gasteiger partial charge is 0.243 e. The van der Waals surface area contributed by atoms with E-state index >= 15 is 0 Å². The van der Waals surface area contributed by atoms with E-state index in [0.29, 0.717) is 0 Å². The van der Waals surface area contributed by atoms with Gasteiger partial charge in [0.05, 0.1) is 12.1 Å². The highest BCUT2D eigenvalue weighted by Gasteiger charge is 2.12. The Morgan fingerprint density at radius 3 is 2.13 bits per heavy atom. The lowest BCUT2D eigenvalue weighted by Gasteiger charge is -2.03. The summed E-state index contributed by atoms with van der Waals surface area (Å²) < 4.78 is 3.46. The molecule has 23 heavy (non-hydrogen) atoms. The van der Waals surface area contributed by atoms with Gasteiger partial charge in [-0.3, -0.25) is 0 Å². The van der Waals surface area contributed by atoms with Gasteiger partial charge in [-0.15, -0.1) is 0 Å². The zero-order valence-corrected chi connectivity index (χ0v) is 15.9. The van der Waals surface area contributed by atoms with Crippen LogP contribution in [-0.2, 0) is 6.54 Å². The Morgan fingerprint density at radius 1 is 0.870 bits per heavy atom. The van der Waals surface area contributed by atoms with Crippen LogP contribution in [-0.4, -0.2) is 4.98 Å². The highest BCUT2D eigenvalue weighted by molar-refractivity contribution is 9.10. The summed E-state index contributed by atoms with van der Waals surface area (Å²) in [7, 11) is 0. The highest BCUT2D eigenvalue weighted by atomic mass is 79.9. The summed E-state index contributed by atoms with van der Waals surface area (Å²) in [4.78, 5) is 3.37. The molecular weight excluding hydrogens is 348 g/mol. The Kier molecular flexibility index (Phi) is 8.44. The molecule has 0 aliphatic carbocycles. The van der Waals surface area contributed by atoms with Gasteiger partial charge in [0.1, 0.15) is 12.4 Å². The molecule has 0 spiro atoms. The van der Waals surface area contributed by atoms with Crippen molar-refractivity contribution in [2.24, 2.45) is 0 Å². The lowest BCUT2D eigenvalue weighted by Crippen LogP contribution is -2.33. The molecule has 0 saturated carbocycles. The Morgan fingerprint density at radius 2 is 1.48 bits per heavy atom. The van der Waals surface area contributed by atoms with Crippen LogP contribution in [0.25, 0.3) is 11.4 Å². The van der Waals surface area contributed by atoms with Gasteiger partial charge in [0, 0.05) is 4.47 Å². The number of benzene rings is 1. The van der Waals surface area contributed by atoms with Gasteiger partial charge in [-0.1, -0.05) is 67.8 Å². The van der Waals surface area contributed by atoms with Crippen LogP contribution < -0.4 is 4.57 Å². The summed E-state index contributed by atoms with van der Waals surface area (Å²) in [6, 6.07) is 8.50. The minimum absolute atomic E-state index is 1.10. The molecule has 2 aromatic rings. The fourth-order valence-electron chi connectivity index (χ4n) is 3.00. The third-order valence-electron chi connectivity index (χ3n) is 4.38. The predicted molar refractivity (Wildman–Crippen MR) is 101 cm³/mol. The number of rotatable bonds is 11. The van der Waals surface area contributed by atoms with Crippen LogP contribution in [0, 0.1) is 0 Å². The lowest BCUT2D eigenvalue weighted by atomic mass is 10.1. The van der Waals surface area contributed by atoms with Crippen LogP contribution >= 0.6 is 15.9 Å². The molecule has 2 rings (SSSR count). The van der Waals surface area contributed by atoms with E-state index in [1.54, 1.807) is 0 Å². The van der Waals surface area contributed by atoms with Crippen LogP contribution in [0.15, 0.2) is 41.1 Å². The van der Waals surface area contributed by atoms with E-state index in [2.05, 4.69) is 62.9 Å². The van der Waals surface area contributed by atoms with Gasteiger partial charge in [-0.05, 0) is 37.1 Å². The van der Waals surface area contributed by atoms with E-state index in [0.717, 1.165) is 11.0 Å². The first-order chi connectivity index (χ1) is 11.3. The number of aryl methyl sites for hydroxylation is 1. The van der Waals surface area contributed by atoms with Crippen LogP contribution in [0.5, 0.6) is 0 Å². The molecular formula is C20H30BrN2+. The molecule has 3 heteroatoms. The number of nitrogens with zero attached hydrogens (tertiary/aromatic N) is 1. The van der Waals surface area contributed by atoms with E-state index < -0.39 is 0 Å². The van der Waals surface area contributed by atoms with Crippen LogP contribution in [0.1, 0.15) is 64.7 Å². The second kappa shape index (κ2) is 10.6. The van der Waals surface area contributed by atoms with E-state index in [4.69, 9.17) is 0 Å². The first-order valence-corrected chi connectivity index (χ1v) is 9.93. The number of H-pyrrole nitrogens is 1. The number of aromatic amines is 1. The van der Waals surface area contributed by atoms with Crippen molar-refractivity contribution in [3.63, 3.8) is 0 Å². The Labute approximate surface area is 149 Å². The van der Waals surface area contributed by atoms with Gasteiger partial charge < -0.3 is 0 Å². The van der Waals surface area contributed by atoms with Crippen molar-refractivity contribution in [3.8, 4) is 11.4 Å². The summed E-state index contributed by atoms with van der Waals surface area (Å²) in [5.41, 5.74) is 1.24. The molecule has 0 atom stereocenters. The van der Waals surface area contributed by atoms with Gasteiger partial charge in [0.15, 0.2) is 0 Å². The molecule has 1 heterocycles. The molecule has 0 saturated heterocycles. The van der Waals surface area contributed by atoms with Gasteiger partial charge >= 0.3 is 0 Å². The molecule has 0 fully saturated rings. The Balaban J connectivity index is 1.67. The van der Waals surface area contributed by atoms with Gasteiger partial charge in [0.2, 0.25) is 0 Å². The summed E-state index contributed by atoms with van der Waals surface area (Å²) in [5, 5.41) is 0. The second-order valence-corrected chi connectivity index (χ2v) is 7.25. The second-order valence-electron chi connectivity index (χ2n) is 6.34. The number of imidazole rings is 1. The minimum Gasteiger partial charge on any atom is -0.243 e. The molecule has 0 aliphatic heterocycles. The first kappa shape index (κ1) is 18.3. The molecule has 126 valence electrons. The summed E-state index contributed by atoms with van der Waals surface area (Å²) in [6.45, 7) is 3.38. The van der Waals surface area contributed by atoms with Crippen molar-refractivity contribution in [2.45, 2.75) is 71.3 Å². The number of nitrogens with one attached hydrogen (secondary N) is 1. The predicted octanol–water partition coefficient (Wildman–Crippen LogP) is 6.26. The fraction of sp³-hybridized carbons (Fsp3) is 0.550. The minimum atomic E-state index is 1.10. The molecule has 0 unspecified atom stereocenters. The summed E-state index contributed by atoms with van der Waals surface area (Å²) >= 11 is 3.50. The van der Waals surface area contributed by atoms with Crippen molar-refractivity contribution >= 4 is 15.9 Å². The quantitative estimate of drug-likeness (QED) is 0.352. The Hall–Kier alpha value is -1.09. The number of hydrogen-bond acceptors (Lipinski definition) is 0. The zero-order chi connectivity index (χ0) is 16.3. The molecule has 0 amide bonds. The number of halogens is 1. The van der Waals surface area contributed by atoms with E-state index in [1.807, 2.05) is 6.20 Å². The average molecular weight is 378 g/mol. The standard InChI is InChI=1S/C20H29BrN2/c1-2-3-4-5-6-7-8-9-10-16-23-17-15-22-20(23)18-11-13-19(21)14-12-18/h11-15,17H,2-10,16H2,1H3/p+1. The fourth-order valence-corrected chi connectivity index (χ4v) is 3.26. The van der Waals surface area contributed by atoms with Gasteiger partial charge in [-0.2, -0.15) is 0 Å². The maximum atomic E-state index is 3.50. The summed E-state index contributed by atoms with van der Waals surface area (Å²) in [6.07, 6.45) is 16.6. The molecule has 0 radical (unpaired) electrons. The maximum absolute atomic E-state index is 3.50. The van der Waals surface area contributed by atoms with Crippen LogP contribution in [0.2, 0.25) is 0 Å². The molecule has 1 aromatic heterocycles. The van der Waals surface area contributed by atoms with E-state index in [1.165, 1.54) is 69.2 Å². The SMILES string of the molecule is CCCCCCCCCCC[n+]1cc[nH]c1-c1ccc(Br)cc1.